The molecule has 0 spiro atoms. The van der Waals surface area contributed by atoms with Gasteiger partial charge in [0.15, 0.2) is 0 Å². The van der Waals surface area contributed by atoms with Crippen molar-refractivity contribution in [3.63, 3.8) is 0 Å². The summed E-state index contributed by atoms with van der Waals surface area (Å²) in [6.07, 6.45) is 9.35. The third kappa shape index (κ3) is 5.20. The molecule has 0 heterocycles. The molecule has 0 aliphatic carbocycles. The molecule has 1 aromatic carbocycles. The molecule has 0 radical (unpaired) electrons. The van der Waals surface area contributed by atoms with E-state index in [1.807, 2.05) is 6.07 Å². The van der Waals surface area contributed by atoms with Crippen LogP contribution in [0.2, 0.25) is 0 Å². The Bertz CT molecular complexity index is 281. The quantitative estimate of drug-likeness (QED) is 0.582. The van der Waals surface area contributed by atoms with E-state index in [2.05, 4.69) is 25.1 Å². The van der Waals surface area contributed by atoms with Crippen LogP contribution in [0.25, 0.3) is 0 Å². The first kappa shape index (κ1) is 13.1. The first-order valence-electron chi connectivity index (χ1n) is 6.49. The molecule has 0 N–H and O–H groups in total. The lowest BCUT2D eigenvalue weighted by molar-refractivity contribution is 0.414. The van der Waals surface area contributed by atoms with Crippen LogP contribution in [0.4, 0.5) is 0 Å². The standard InChI is InChI=1S/C15H24O/c1-3-4-5-6-7-8-10-14-11-9-12-15(13-14)16-2/h9,11-13H,3-8,10H2,1-2H3. The fraction of sp³-hybridized carbons (Fsp3) is 0.600. The number of rotatable bonds is 8. The summed E-state index contributed by atoms with van der Waals surface area (Å²) in [7, 11) is 1.73. The molecular formula is C15H24O. The van der Waals surface area contributed by atoms with Gasteiger partial charge in [-0.15, -0.1) is 0 Å². The second-order valence-corrected chi connectivity index (χ2v) is 4.37. The van der Waals surface area contributed by atoms with Crippen LogP contribution >= 0.6 is 0 Å². The Balaban J connectivity index is 2.16. The van der Waals surface area contributed by atoms with Gasteiger partial charge in [-0.25, -0.2) is 0 Å². The molecule has 1 nitrogen and oxygen atoms in total. The largest absolute Gasteiger partial charge is 0.497 e. The third-order valence-electron chi connectivity index (χ3n) is 2.95. The van der Waals surface area contributed by atoms with Crippen molar-refractivity contribution >= 4 is 0 Å². The van der Waals surface area contributed by atoms with Crippen molar-refractivity contribution in [1.82, 2.24) is 0 Å². The molecule has 1 rings (SSSR count). The van der Waals surface area contributed by atoms with Gasteiger partial charge in [0.25, 0.3) is 0 Å². The van der Waals surface area contributed by atoms with Crippen LogP contribution in [0.15, 0.2) is 24.3 Å². The number of unbranched alkanes of at least 4 members (excludes halogenated alkanes) is 5. The molecule has 0 amide bonds. The minimum atomic E-state index is 0.975. The topological polar surface area (TPSA) is 9.23 Å². The van der Waals surface area contributed by atoms with Crippen LogP contribution in [0.1, 0.15) is 51.0 Å². The van der Waals surface area contributed by atoms with Crippen LogP contribution in [0.3, 0.4) is 0 Å². The fourth-order valence-corrected chi connectivity index (χ4v) is 1.94. The van der Waals surface area contributed by atoms with Crippen LogP contribution < -0.4 is 4.74 Å². The zero-order valence-corrected chi connectivity index (χ0v) is 10.7. The molecule has 1 heteroatoms. The summed E-state index contributed by atoms with van der Waals surface area (Å²) in [5.41, 5.74) is 1.40. The summed E-state index contributed by atoms with van der Waals surface area (Å²) in [6.45, 7) is 2.26. The Morgan fingerprint density at radius 2 is 1.75 bits per heavy atom. The van der Waals surface area contributed by atoms with E-state index in [1.165, 1.54) is 50.5 Å². The lowest BCUT2D eigenvalue weighted by atomic mass is 10.0. The van der Waals surface area contributed by atoms with E-state index in [1.54, 1.807) is 7.11 Å². The average molecular weight is 220 g/mol. The predicted molar refractivity (Wildman–Crippen MR) is 70.1 cm³/mol. The second kappa shape index (κ2) is 8.20. The number of aryl methyl sites for hydroxylation is 1. The maximum atomic E-state index is 5.21. The van der Waals surface area contributed by atoms with Gasteiger partial charge in [0, 0.05) is 0 Å². The van der Waals surface area contributed by atoms with Crippen molar-refractivity contribution in [2.45, 2.75) is 51.9 Å². The lowest BCUT2D eigenvalue weighted by Crippen LogP contribution is -1.88. The Morgan fingerprint density at radius 1 is 1.00 bits per heavy atom. The molecule has 0 unspecified atom stereocenters. The minimum Gasteiger partial charge on any atom is -0.497 e. The molecule has 0 bridgehead atoms. The van der Waals surface area contributed by atoms with E-state index in [4.69, 9.17) is 4.74 Å². The lowest BCUT2D eigenvalue weighted by Gasteiger charge is -2.04. The van der Waals surface area contributed by atoms with Gasteiger partial charge in [0.2, 0.25) is 0 Å². The SMILES string of the molecule is CCCCCCCCc1cccc(OC)c1. The first-order chi connectivity index (χ1) is 7.86. The predicted octanol–water partition coefficient (Wildman–Crippen LogP) is 4.60. The maximum Gasteiger partial charge on any atom is 0.119 e. The van der Waals surface area contributed by atoms with Gasteiger partial charge in [0.05, 0.1) is 7.11 Å². The van der Waals surface area contributed by atoms with E-state index in [9.17, 15) is 0 Å². The second-order valence-electron chi connectivity index (χ2n) is 4.37. The first-order valence-corrected chi connectivity index (χ1v) is 6.49. The van der Waals surface area contributed by atoms with Crippen LogP contribution in [-0.2, 0) is 6.42 Å². The molecule has 90 valence electrons. The third-order valence-corrected chi connectivity index (χ3v) is 2.95. The van der Waals surface area contributed by atoms with Gasteiger partial charge in [-0.2, -0.15) is 0 Å². The van der Waals surface area contributed by atoms with Gasteiger partial charge in [0.1, 0.15) is 5.75 Å². The molecule has 0 aliphatic rings. The zero-order chi connectivity index (χ0) is 11.6. The van der Waals surface area contributed by atoms with E-state index in [0.717, 1.165) is 5.75 Å². The summed E-state index contributed by atoms with van der Waals surface area (Å²) in [5, 5.41) is 0. The number of ether oxygens (including phenoxy) is 1. The molecule has 0 saturated heterocycles. The highest BCUT2D eigenvalue weighted by Gasteiger charge is 1.96. The molecule has 16 heavy (non-hydrogen) atoms. The van der Waals surface area contributed by atoms with E-state index in [-0.39, 0.29) is 0 Å². The minimum absolute atomic E-state index is 0.975. The van der Waals surface area contributed by atoms with Crippen molar-refractivity contribution < 1.29 is 4.74 Å². The summed E-state index contributed by atoms with van der Waals surface area (Å²) in [6, 6.07) is 8.41. The highest BCUT2D eigenvalue weighted by Crippen LogP contribution is 2.15. The fourth-order valence-electron chi connectivity index (χ4n) is 1.94. The van der Waals surface area contributed by atoms with Gasteiger partial charge in [-0.05, 0) is 30.5 Å². The van der Waals surface area contributed by atoms with Crippen LogP contribution in [0, 0.1) is 0 Å². The molecule has 0 saturated carbocycles. The Kier molecular flexibility index (Phi) is 6.71. The maximum absolute atomic E-state index is 5.21. The highest BCUT2D eigenvalue weighted by molar-refractivity contribution is 5.28. The number of hydrogen-bond donors (Lipinski definition) is 0. The summed E-state index contributed by atoms with van der Waals surface area (Å²) in [5.74, 6) is 0.975. The van der Waals surface area contributed by atoms with Gasteiger partial charge >= 0.3 is 0 Å². The molecule has 1 aromatic rings. The number of benzene rings is 1. The van der Waals surface area contributed by atoms with Crippen molar-refractivity contribution in [1.29, 1.82) is 0 Å². The normalized spacial score (nSPS) is 10.4. The molecule has 0 atom stereocenters. The summed E-state index contributed by atoms with van der Waals surface area (Å²) in [4.78, 5) is 0. The smallest absolute Gasteiger partial charge is 0.119 e. The summed E-state index contributed by atoms with van der Waals surface area (Å²) < 4.78 is 5.21. The Hall–Kier alpha value is -0.980. The van der Waals surface area contributed by atoms with E-state index < -0.39 is 0 Å². The Morgan fingerprint density at radius 3 is 2.50 bits per heavy atom. The Labute approximate surface area is 99.8 Å². The van der Waals surface area contributed by atoms with Crippen LogP contribution in [-0.4, -0.2) is 7.11 Å². The highest BCUT2D eigenvalue weighted by atomic mass is 16.5. The molecule has 0 fully saturated rings. The average Bonchev–Trinajstić information content (AvgIpc) is 2.34. The van der Waals surface area contributed by atoms with Crippen molar-refractivity contribution in [3.05, 3.63) is 29.8 Å². The molecule has 0 aliphatic heterocycles. The number of hydrogen-bond acceptors (Lipinski definition) is 1. The van der Waals surface area contributed by atoms with Crippen molar-refractivity contribution in [2.24, 2.45) is 0 Å². The summed E-state index contributed by atoms with van der Waals surface area (Å²) >= 11 is 0. The van der Waals surface area contributed by atoms with Gasteiger partial charge in [-0.3, -0.25) is 0 Å². The van der Waals surface area contributed by atoms with Gasteiger partial charge in [-0.1, -0.05) is 51.2 Å². The zero-order valence-electron chi connectivity index (χ0n) is 10.7. The van der Waals surface area contributed by atoms with E-state index >= 15 is 0 Å². The van der Waals surface area contributed by atoms with Crippen molar-refractivity contribution in [3.8, 4) is 5.75 Å². The molecule has 0 aromatic heterocycles. The number of methoxy groups -OCH3 is 1. The van der Waals surface area contributed by atoms with Gasteiger partial charge < -0.3 is 4.74 Å². The van der Waals surface area contributed by atoms with E-state index in [0.29, 0.717) is 0 Å². The monoisotopic (exact) mass is 220 g/mol. The van der Waals surface area contributed by atoms with Crippen molar-refractivity contribution in [2.75, 3.05) is 7.11 Å². The molecular weight excluding hydrogens is 196 g/mol. The van der Waals surface area contributed by atoms with Crippen LogP contribution in [0.5, 0.6) is 5.75 Å².